The minimum atomic E-state index is 0.794. The van der Waals surface area contributed by atoms with E-state index >= 15 is 0 Å². The Bertz CT molecular complexity index is 131. The van der Waals surface area contributed by atoms with Crippen LogP contribution in [0.15, 0.2) is 0 Å². The lowest BCUT2D eigenvalue weighted by molar-refractivity contribution is 0.273. The molecule has 78 valence electrons. The summed E-state index contributed by atoms with van der Waals surface area (Å²) in [7, 11) is 0. The highest BCUT2D eigenvalue weighted by Crippen LogP contribution is 2.26. The Kier molecular flexibility index (Phi) is 4.79. The van der Waals surface area contributed by atoms with Crippen molar-refractivity contribution >= 4 is 0 Å². The molecule has 0 aromatic heterocycles. The minimum absolute atomic E-state index is 0.794. The van der Waals surface area contributed by atoms with E-state index < -0.39 is 0 Å². The zero-order chi connectivity index (χ0) is 9.68. The van der Waals surface area contributed by atoms with Crippen molar-refractivity contribution in [3.8, 4) is 0 Å². The molecule has 0 radical (unpaired) electrons. The van der Waals surface area contributed by atoms with Gasteiger partial charge in [0.15, 0.2) is 0 Å². The molecule has 1 saturated carbocycles. The highest BCUT2D eigenvalue weighted by atomic mass is 14.9. The summed E-state index contributed by atoms with van der Waals surface area (Å²) in [6.07, 6.45) is 7.11. The number of rotatable bonds is 4. The van der Waals surface area contributed by atoms with E-state index in [2.05, 4.69) is 26.1 Å². The average Bonchev–Trinajstić information content (AvgIpc) is 2.15. The summed E-state index contributed by atoms with van der Waals surface area (Å²) in [6, 6.07) is 0.820. The molecule has 1 rings (SSSR count). The van der Waals surface area contributed by atoms with E-state index in [0.29, 0.717) is 0 Å². The molecule has 0 heterocycles. The first-order valence-electron chi connectivity index (χ1n) is 5.95. The van der Waals surface area contributed by atoms with Gasteiger partial charge in [-0.25, -0.2) is 0 Å². The second kappa shape index (κ2) is 5.64. The maximum absolute atomic E-state index is 3.69. The molecule has 1 fully saturated rings. The summed E-state index contributed by atoms with van der Waals surface area (Å²) in [4.78, 5) is 0. The molecule has 0 amide bonds. The van der Waals surface area contributed by atoms with Crippen LogP contribution in [0.25, 0.3) is 0 Å². The highest BCUT2D eigenvalue weighted by Gasteiger charge is 2.19. The normalized spacial score (nSPS) is 29.5. The fourth-order valence-corrected chi connectivity index (χ4v) is 2.25. The Morgan fingerprint density at radius 3 is 2.69 bits per heavy atom. The Morgan fingerprint density at radius 1 is 1.31 bits per heavy atom. The van der Waals surface area contributed by atoms with Crippen LogP contribution >= 0.6 is 0 Å². The van der Waals surface area contributed by atoms with Gasteiger partial charge in [-0.1, -0.05) is 40.0 Å². The van der Waals surface area contributed by atoms with Gasteiger partial charge in [-0.3, -0.25) is 0 Å². The van der Waals surface area contributed by atoms with Gasteiger partial charge in [0.2, 0.25) is 0 Å². The lowest BCUT2D eigenvalue weighted by Gasteiger charge is -2.29. The van der Waals surface area contributed by atoms with Crippen molar-refractivity contribution in [2.45, 2.75) is 58.9 Å². The topological polar surface area (TPSA) is 12.0 Å². The van der Waals surface area contributed by atoms with E-state index in [-0.39, 0.29) is 0 Å². The molecule has 2 atom stereocenters. The molecule has 0 aliphatic heterocycles. The SMILES string of the molecule is CCC1CCCC(NCC(C)C)C1. The third-order valence-corrected chi connectivity index (χ3v) is 3.17. The molecule has 1 N–H and O–H groups in total. The van der Waals surface area contributed by atoms with Crippen molar-refractivity contribution in [3.05, 3.63) is 0 Å². The van der Waals surface area contributed by atoms with E-state index in [1.807, 2.05) is 0 Å². The standard InChI is InChI=1S/C12H25N/c1-4-11-6-5-7-12(8-11)13-9-10(2)3/h10-13H,4-9H2,1-3H3. The summed E-state index contributed by atoms with van der Waals surface area (Å²) in [5.74, 6) is 1.79. The predicted octanol–water partition coefficient (Wildman–Crippen LogP) is 3.20. The van der Waals surface area contributed by atoms with Crippen molar-refractivity contribution in [3.63, 3.8) is 0 Å². The molecule has 0 aromatic carbocycles. The fourth-order valence-electron chi connectivity index (χ4n) is 2.25. The summed E-state index contributed by atoms with van der Waals surface area (Å²) in [5.41, 5.74) is 0. The molecule has 0 bridgehead atoms. The molecule has 0 spiro atoms. The highest BCUT2D eigenvalue weighted by molar-refractivity contribution is 4.77. The van der Waals surface area contributed by atoms with Gasteiger partial charge in [0.05, 0.1) is 0 Å². The van der Waals surface area contributed by atoms with Crippen LogP contribution in [0.5, 0.6) is 0 Å². The van der Waals surface area contributed by atoms with Crippen LogP contribution in [-0.2, 0) is 0 Å². The van der Waals surface area contributed by atoms with Gasteiger partial charge < -0.3 is 5.32 Å². The summed E-state index contributed by atoms with van der Waals surface area (Å²) < 4.78 is 0. The van der Waals surface area contributed by atoms with Crippen LogP contribution < -0.4 is 5.32 Å². The van der Waals surface area contributed by atoms with E-state index in [0.717, 1.165) is 17.9 Å². The van der Waals surface area contributed by atoms with Crippen LogP contribution in [0.2, 0.25) is 0 Å². The molecule has 0 saturated heterocycles. The quantitative estimate of drug-likeness (QED) is 0.706. The Hall–Kier alpha value is -0.0400. The zero-order valence-electron chi connectivity index (χ0n) is 9.47. The van der Waals surface area contributed by atoms with Gasteiger partial charge in [-0.2, -0.15) is 0 Å². The third-order valence-electron chi connectivity index (χ3n) is 3.17. The number of hydrogen-bond acceptors (Lipinski definition) is 1. The molecule has 0 aromatic rings. The van der Waals surface area contributed by atoms with Gasteiger partial charge in [0, 0.05) is 6.04 Å². The van der Waals surface area contributed by atoms with Crippen LogP contribution in [0.1, 0.15) is 52.9 Å². The van der Waals surface area contributed by atoms with E-state index in [1.54, 1.807) is 0 Å². The van der Waals surface area contributed by atoms with E-state index in [4.69, 9.17) is 0 Å². The van der Waals surface area contributed by atoms with Crippen LogP contribution in [0.4, 0.5) is 0 Å². The number of hydrogen-bond donors (Lipinski definition) is 1. The number of nitrogens with one attached hydrogen (secondary N) is 1. The summed E-state index contributed by atoms with van der Waals surface area (Å²) in [6.45, 7) is 8.09. The Morgan fingerprint density at radius 2 is 2.08 bits per heavy atom. The van der Waals surface area contributed by atoms with Gasteiger partial charge in [0.1, 0.15) is 0 Å². The maximum Gasteiger partial charge on any atom is 0.00698 e. The maximum atomic E-state index is 3.69. The first-order chi connectivity index (χ1) is 6.22. The first kappa shape index (κ1) is 11.0. The molecule has 1 heteroatoms. The van der Waals surface area contributed by atoms with E-state index in [1.165, 1.54) is 38.6 Å². The minimum Gasteiger partial charge on any atom is -0.314 e. The van der Waals surface area contributed by atoms with Crippen molar-refractivity contribution < 1.29 is 0 Å². The predicted molar refractivity (Wildman–Crippen MR) is 58.9 cm³/mol. The zero-order valence-corrected chi connectivity index (χ0v) is 9.47. The average molecular weight is 183 g/mol. The van der Waals surface area contributed by atoms with Gasteiger partial charge >= 0.3 is 0 Å². The van der Waals surface area contributed by atoms with Gasteiger partial charge in [0.25, 0.3) is 0 Å². The van der Waals surface area contributed by atoms with Crippen LogP contribution in [-0.4, -0.2) is 12.6 Å². The smallest absolute Gasteiger partial charge is 0.00698 e. The molecular formula is C12H25N. The van der Waals surface area contributed by atoms with Crippen molar-refractivity contribution in [1.82, 2.24) is 5.32 Å². The van der Waals surface area contributed by atoms with Gasteiger partial charge in [-0.15, -0.1) is 0 Å². The molecule has 1 aliphatic rings. The third kappa shape index (κ3) is 4.12. The second-order valence-corrected chi connectivity index (χ2v) is 4.94. The lowest BCUT2D eigenvalue weighted by atomic mass is 9.84. The van der Waals surface area contributed by atoms with Crippen molar-refractivity contribution in [2.24, 2.45) is 11.8 Å². The van der Waals surface area contributed by atoms with Gasteiger partial charge in [-0.05, 0) is 31.2 Å². The largest absolute Gasteiger partial charge is 0.314 e. The van der Waals surface area contributed by atoms with Crippen LogP contribution in [0, 0.1) is 11.8 Å². The van der Waals surface area contributed by atoms with Crippen molar-refractivity contribution in [2.75, 3.05) is 6.54 Å². The van der Waals surface area contributed by atoms with Crippen LogP contribution in [0.3, 0.4) is 0 Å². The molecule has 1 aliphatic carbocycles. The molecular weight excluding hydrogens is 158 g/mol. The van der Waals surface area contributed by atoms with E-state index in [9.17, 15) is 0 Å². The fraction of sp³-hybridized carbons (Fsp3) is 1.00. The Balaban J connectivity index is 2.18. The second-order valence-electron chi connectivity index (χ2n) is 4.94. The summed E-state index contributed by atoms with van der Waals surface area (Å²) >= 11 is 0. The monoisotopic (exact) mass is 183 g/mol. The molecule has 2 unspecified atom stereocenters. The molecule has 13 heavy (non-hydrogen) atoms. The Labute approximate surface area is 83.3 Å². The first-order valence-corrected chi connectivity index (χ1v) is 5.95. The molecule has 1 nitrogen and oxygen atoms in total. The summed E-state index contributed by atoms with van der Waals surface area (Å²) in [5, 5.41) is 3.69. The van der Waals surface area contributed by atoms with Crippen molar-refractivity contribution in [1.29, 1.82) is 0 Å². The lowest BCUT2D eigenvalue weighted by Crippen LogP contribution is -2.36.